The molecule has 7 heteroatoms. The Hall–Kier alpha value is -2.25. The molecular weight excluding hydrogens is 312 g/mol. The van der Waals surface area contributed by atoms with Crippen LogP contribution in [0.2, 0.25) is 0 Å². The number of amides is 1. The summed E-state index contributed by atoms with van der Waals surface area (Å²) in [7, 11) is 0. The number of benzene rings is 1. The molecule has 130 valence electrons. The van der Waals surface area contributed by atoms with Crippen LogP contribution in [0.1, 0.15) is 36.7 Å². The minimum atomic E-state index is -1.01. The molecule has 1 fully saturated rings. The molecule has 1 unspecified atom stereocenters. The summed E-state index contributed by atoms with van der Waals surface area (Å²) in [4.78, 5) is 27.1. The lowest BCUT2D eigenvalue weighted by atomic mass is 10.0. The number of ether oxygens (including phenoxy) is 2. The van der Waals surface area contributed by atoms with Gasteiger partial charge in [-0.15, -0.1) is 0 Å². The van der Waals surface area contributed by atoms with Gasteiger partial charge in [0, 0.05) is 13.1 Å². The van der Waals surface area contributed by atoms with Crippen molar-refractivity contribution in [1.82, 2.24) is 5.32 Å². The SMILES string of the molecule is CC(C)(C)OC(=O)N=C(c1ccc(C(=O)O)cc1)C1CNCCO1. The summed E-state index contributed by atoms with van der Waals surface area (Å²) in [5.74, 6) is -1.01. The summed E-state index contributed by atoms with van der Waals surface area (Å²) in [6.45, 7) is 7.04. The van der Waals surface area contributed by atoms with Gasteiger partial charge in [0.05, 0.1) is 17.9 Å². The standard InChI is InChI=1S/C17H22N2O5/c1-17(2,3)24-16(22)19-14(13-10-18-8-9-23-13)11-4-6-12(7-5-11)15(20)21/h4-7,13,18H,8-10H2,1-3H3,(H,20,21). The fraction of sp³-hybridized carbons (Fsp3) is 0.471. The second kappa shape index (κ2) is 7.55. The van der Waals surface area contributed by atoms with E-state index in [9.17, 15) is 9.59 Å². The zero-order valence-corrected chi connectivity index (χ0v) is 14.0. The van der Waals surface area contributed by atoms with Crippen molar-refractivity contribution in [1.29, 1.82) is 0 Å². The fourth-order valence-electron chi connectivity index (χ4n) is 2.23. The summed E-state index contributed by atoms with van der Waals surface area (Å²) >= 11 is 0. The third kappa shape index (κ3) is 5.14. The molecule has 0 radical (unpaired) electrons. The Kier molecular flexibility index (Phi) is 5.69. The fourth-order valence-corrected chi connectivity index (χ4v) is 2.23. The molecule has 1 saturated heterocycles. The molecule has 2 N–H and O–H groups in total. The van der Waals surface area contributed by atoms with Crippen molar-refractivity contribution >= 4 is 17.8 Å². The van der Waals surface area contributed by atoms with Gasteiger partial charge in [-0.25, -0.2) is 9.59 Å². The monoisotopic (exact) mass is 334 g/mol. The van der Waals surface area contributed by atoms with E-state index in [-0.39, 0.29) is 5.56 Å². The van der Waals surface area contributed by atoms with Crippen molar-refractivity contribution in [2.24, 2.45) is 4.99 Å². The van der Waals surface area contributed by atoms with Crippen LogP contribution < -0.4 is 5.32 Å². The van der Waals surface area contributed by atoms with E-state index in [1.165, 1.54) is 12.1 Å². The number of aromatic carboxylic acids is 1. The molecule has 2 rings (SSSR count). The van der Waals surface area contributed by atoms with Gasteiger partial charge in [0.1, 0.15) is 11.7 Å². The maximum absolute atomic E-state index is 12.1. The molecule has 1 amide bonds. The first-order valence-electron chi connectivity index (χ1n) is 7.74. The molecule has 1 aromatic rings. The smallest absolute Gasteiger partial charge is 0.434 e. The van der Waals surface area contributed by atoms with Crippen molar-refractivity contribution < 1.29 is 24.2 Å². The topological polar surface area (TPSA) is 97.2 Å². The minimum absolute atomic E-state index is 0.165. The van der Waals surface area contributed by atoms with Gasteiger partial charge in [0.25, 0.3) is 0 Å². The van der Waals surface area contributed by atoms with E-state index in [2.05, 4.69) is 10.3 Å². The van der Waals surface area contributed by atoms with Crippen molar-refractivity contribution in [2.75, 3.05) is 19.7 Å². The Morgan fingerprint density at radius 1 is 1.25 bits per heavy atom. The zero-order chi connectivity index (χ0) is 17.7. The minimum Gasteiger partial charge on any atom is -0.478 e. The molecule has 7 nitrogen and oxygen atoms in total. The maximum atomic E-state index is 12.1. The second-order valence-corrected chi connectivity index (χ2v) is 6.42. The highest BCUT2D eigenvalue weighted by Crippen LogP contribution is 2.14. The lowest BCUT2D eigenvalue weighted by Gasteiger charge is -2.25. The third-order valence-corrected chi connectivity index (χ3v) is 3.27. The highest BCUT2D eigenvalue weighted by atomic mass is 16.6. The first kappa shape index (κ1) is 18.1. The van der Waals surface area contributed by atoms with E-state index in [4.69, 9.17) is 14.6 Å². The van der Waals surface area contributed by atoms with E-state index in [0.29, 0.717) is 24.4 Å². The Bertz CT molecular complexity index is 625. The third-order valence-electron chi connectivity index (χ3n) is 3.27. The molecule has 24 heavy (non-hydrogen) atoms. The van der Waals surface area contributed by atoms with Gasteiger partial charge in [0.15, 0.2) is 0 Å². The molecule has 1 aromatic carbocycles. The lowest BCUT2D eigenvalue weighted by Crippen LogP contribution is -2.43. The number of morpholine rings is 1. The van der Waals surface area contributed by atoms with Gasteiger partial charge in [0.2, 0.25) is 0 Å². The molecule has 0 saturated carbocycles. The number of carbonyl (C=O) groups is 2. The molecule has 0 bridgehead atoms. The van der Waals surface area contributed by atoms with Crippen molar-refractivity contribution in [3.05, 3.63) is 35.4 Å². The molecule has 0 aromatic heterocycles. The van der Waals surface area contributed by atoms with Crippen LogP contribution in [-0.4, -0.2) is 54.3 Å². The number of carboxylic acids is 1. The number of rotatable bonds is 3. The van der Waals surface area contributed by atoms with E-state index >= 15 is 0 Å². The summed E-state index contributed by atoms with van der Waals surface area (Å²) in [6.07, 6.45) is -1.10. The summed E-state index contributed by atoms with van der Waals surface area (Å²) in [6, 6.07) is 6.17. The summed E-state index contributed by atoms with van der Waals surface area (Å²) < 4.78 is 10.9. The van der Waals surface area contributed by atoms with E-state index in [0.717, 1.165) is 6.54 Å². The van der Waals surface area contributed by atoms with Crippen LogP contribution >= 0.6 is 0 Å². The second-order valence-electron chi connectivity index (χ2n) is 6.42. The number of carboxylic acid groups (broad SMARTS) is 1. The Morgan fingerprint density at radius 2 is 1.88 bits per heavy atom. The molecular formula is C17H22N2O5. The summed E-state index contributed by atoms with van der Waals surface area (Å²) in [5, 5.41) is 12.2. The highest BCUT2D eigenvalue weighted by Gasteiger charge is 2.24. The number of hydrogen-bond acceptors (Lipinski definition) is 5. The van der Waals surface area contributed by atoms with Crippen LogP contribution in [0.3, 0.4) is 0 Å². The largest absolute Gasteiger partial charge is 0.478 e. The van der Waals surface area contributed by atoms with Gasteiger partial charge in [-0.1, -0.05) is 12.1 Å². The first-order chi connectivity index (χ1) is 11.3. The Labute approximate surface area is 140 Å². The molecule has 1 aliphatic heterocycles. The van der Waals surface area contributed by atoms with E-state index in [1.807, 2.05) is 0 Å². The molecule has 1 atom stereocenters. The van der Waals surface area contributed by atoms with E-state index < -0.39 is 23.8 Å². The Balaban J connectivity index is 2.31. The quantitative estimate of drug-likeness (QED) is 0.822. The van der Waals surface area contributed by atoms with Gasteiger partial charge in [-0.2, -0.15) is 4.99 Å². The van der Waals surface area contributed by atoms with Gasteiger partial charge in [-0.3, -0.25) is 0 Å². The normalized spacial score (nSPS) is 19.0. The molecule has 1 heterocycles. The number of hydrogen-bond donors (Lipinski definition) is 2. The Morgan fingerprint density at radius 3 is 2.38 bits per heavy atom. The predicted octanol–water partition coefficient (Wildman–Crippen LogP) is 2.10. The number of nitrogens with zero attached hydrogens (tertiary/aromatic N) is 1. The van der Waals surface area contributed by atoms with Gasteiger partial charge in [-0.05, 0) is 38.5 Å². The van der Waals surface area contributed by atoms with E-state index in [1.54, 1.807) is 32.9 Å². The number of carbonyl (C=O) groups excluding carboxylic acids is 1. The van der Waals surface area contributed by atoms with Crippen LogP contribution in [0.4, 0.5) is 4.79 Å². The van der Waals surface area contributed by atoms with Crippen molar-refractivity contribution in [2.45, 2.75) is 32.5 Å². The zero-order valence-electron chi connectivity index (χ0n) is 14.0. The van der Waals surface area contributed by atoms with Crippen LogP contribution in [0.15, 0.2) is 29.3 Å². The molecule has 0 spiro atoms. The lowest BCUT2D eigenvalue weighted by molar-refractivity contribution is 0.0576. The van der Waals surface area contributed by atoms with Crippen LogP contribution in [0.25, 0.3) is 0 Å². The highest BCUT2D eigenvalue weighted by molar-refractivity contribution is 6.08. The number of nitrogens with one attached hydrogen (secondary N) is 1. The predicted molar refractivity (Wildman–Crippen MR) is 88.8 cm³/mol. The first-order valence-corrected chi connectivity index (χ1v) is 7.74. The average Bonchev–Trinajstić information content (AvgIpc) is 2.52. The molecule has 0 aliphatic carbocycles. The maximum Gasteiger partial charge on any atom is 0.434 e. The average molecular weight is 334 g/mol. The van der Waals surface area contributed by atoms with Crippen LogP contribution in [0, 0.1) is 0 Å². The van der Waals surface area contributed by atoms with Crippen LogP contribution in [0.5, 0.6) is 0 Å². The van der Waals surface area contributed by atoms with Gasteiger partial charge >= 0.3 is 12.1 Å². The van der Waals surface area contributed by atoms with Crippen LogP contribution in [-0.2, 0) is 9.47 Å². The summed E-state index contributed by atoms with van der Waals surface area (Å²) in [5.41, 5.74) is 0.566. The van der Waals surface area contributed by atoms with Crippen molar-refractivity contribution in [3.8, 4) is 0 Å². The number of aliphatic imine (C=N–C) groups is 1. The molecule has 1 aliphatic rings. The van der Waals surface area contributed by atoms with Crippen molar-refractivity contribution in [3.63, 3.8) is 0 Å². The van der Waals surface area contributed by atoms with Gasteiger partial charge < -0.3 is 19.9 Å².